The zero-order valence-electron chi connectivity index (χ0n) is 16.7. The molecular formula is C23H25NO3S2. The zero-order chi connectivity index (χ0) is 20.6. The average Bonchev–Trinajstić information content (AvgIpc) is 2.74. The molecule has 0 fully saturated rings. The summed E-state index contributed by atoms with van der Waals surface area (Å²) < 4.78 is 28.6. The molecule has 152 valence electrons. The highest BCUT2D eigenvalue weighted by Crippen LogP contribution is 2.34. The molecule has 4 rings (SSSR count). The highest BCUT2D eigenvalue weighted by atomic mass is 32.2. The van der Waals surface area contributed by atoms with Crippen molar-refractivity contribution in [2.75, 3.05) is 10.8 Å². The molecular weight excluding hydrogens is 402 g/mol. The maximum absolute atomic E-state index is 13.1. The van der Waals surface area contributed by atoms with Gasteiger partial charge in [-0.3, -0.25) is 9.10 Å². The summed E-state index contributed by atoms with van der Waals surface area (Å²) in [4.78, 5) is 14.5. The van der Waals surface area contributed by atoms with Gasteiger partial charge in [0.05, 0.1) is 10.6 Å². The minimum Gasteiger partial charge on any atom is -0.289 e. The first-order valence-electron chi connectivity index (χ1n) is 10.1. The summed E-state index contributed by atoms with van der Waals surface area (Å²) in [5.74, 6) is 0.629. The number of benzene rings is 2. The standard InChI is InChI=1S/C23H25NO3S2/c1-3-16-10-12-19-21(14-16)28-22-15-17(11-13-20(22)23(19)25)24(4-2)29(26,27)18-8-6-5-7-9-18/h5-9,11,13,15-16H,3-4,10,12,14H2,1-2H3. The molecule has 6 heteroatoms. The highest BCUT2D eigenvalue weighted by molar-refractivity contribution is 7.92. The Labute approximate surface area is 175 Å². The Balaban J connectivity index is 1.81. The van der Waals surface area contributed by atoms with E-state index in [0.717, 1.165) is 35.9 Å². The van der Waals surface area contributed by atoms with Crippen LogP contribution in [0.3, 0.4) is 0 Å². The summed E-state index contributed by atoms with van der Waals surface area (Å²) in [7, 11) is -3.65. The lowest BCUT2D eigenvalue weighted by Crippen LogP contribution is -2.30. The van der Waals surface area contributed by atoms with Crippen molar-refractivity contribution in [3.63, 3.8) is 0 Å². The first-order valence-corrected chi connectivity index (χ1v) is 12.4. The first kappa shape index (κ1) is 20.1. The summed E-state index contributed by atoms with van der Waals surface area (Å²) in [5.41, 5.74) is 1.68. The Kier molecular flexibility index (Phi) is 5.49. The van der Waals surface area contributed by atoms with Gasteiger partial charge in [0.1, 0.15) is 0 Å². The molecule has 0 saturated carbocycles. The van der Waals surface area contributed by atoms with Crippen LogP contribution in [-0.2, 0) is 22.9 Å². The van der Waals surface area contributed by atoms with E-state index in [0.29, 0.717) is 23.5 Å². The minimum atomic E-state index is -3.65. The molecule has 29 heavy (non-hydrogen) atoms. The molecule has 2 aromatic carbocycles. The molecule has 1 aromatic heterocycles. The number of nitrogens with zero attached hydrogens (tertiary/aromatic N) is 1. The second-order valence-electron chi connectivity index (χ2n) is 7.51. The molecule has 0 bridgehead atoms. The van der Waals surface area contributed by atoms with Gasteiger partial charge in [-0.2, -0.15) is 0 Å². The van der Waals surface area contributed by atoms with Gasteiger partial charge >= 0.3 is 0 Å². The van der Waals surface area contributed by atoms with Crippen molar-refractivity contribution in [3.8, 4) is 0 Å². The summed E-state index contributed by atoms with van der Waals surface area (Å²) in [6, 6.07) is 13.9. The lowest BCUT2D eigenvalue weighted by molar-refractivity contribution is 0.448. The summed E-state index contributed by atoms with van der Waals surface area (Å²) in [5, 5.41) is 0.695. The normalized spacial score (nSPS) is 16.6. The Morgan fingerprint density at radius 2 is 1.86 bits per heavy atom. The maximum Gasteiger partial charge on any atom is 0.264 e. The van der Waals surface area contributed by atoms with Crippen molar-refractivity contribution < 1.29 is 8.42 Å². The van der Waals surface area contributed by atoms with Gasteiger partial charge < -0.3 is 0 Å². The number of sulfonamides is 1. The molecule has 0 aliphatic heterocycles. The van der Waals surface area contributed by atoms with E-state index in [1.165, 1.54) is 9.18 Å². The van der Waals surface area contributed by atoms with Crippen LogP contribution in [0.5, 0.6) is 0 Å². The molecule has 0 amide bonds. The van der Waals surface area contributed by atoms with Gasteiger partial charge in [-0.05, 0) is 62.4 Å². The van der Waals surface area contributed by atoms with Gasteiger partial charge in [0.25, 0.3) is 10.0 Å². The molecule has 3 aromatic rings. The zero-order valence-corrected chi connectivity index (χ0v) is 18.4. The lowest BCUT2D eigenvalue weighted by Gasteiger charge is -2.24. The number of anilines is 1. The largest absolute Gasteiger partial charge is 0.289 e. The molecule has 1 aliphatic carbocycles. The summed E-state index contributed by atoms with van der Waals surface area (Å²) in [6.07, 6.45) is 4.00. The van der Waals surface area contributed by atoms with E-state index in [4.69, 9.17) is 0 Å². The van der Waals surface area contributed by atoms with E-state index in [1.54, 1.807) is 53.8 Å². The SMILES string of the molecule is CCC1CCc2c(sc3cc(N(CC)S(=O)(=O)c4ccccc4)ccc3c2=O)C1. The summed E-state index contributed by atoms with van der Waals surface area (Å²) >= 11 is 1.65. The van der Waals surface area contributed by atoms with Crippen molar-refractivity contribution in [3.05, 3.63) is 69.2 Å². The quantitative estimate of drug-likeness (QED) is 0.576. The predicted octanol–water partition coefficient (Wildman–Crippen LogP) is 4.99. The number of rotatable bonds is 5. The molecule has 1 atom stereocenters. The van der Waals surface area contributed by atoms with Crippen molar-refractivity contribution in [1.29, 1.82) is 0 Å². The molecule has 0 radical (unpaired) electrons. The van der Waals surface area contributed by atoms with Crippen molar-refractivity contribution in [2.45, 2.75) is 44.4 Å². The molecule has 1 heterocycles. The van der Waals surface area contributed by atoms with E-state index in [-0.39, 0.29) is 10.3 Å². The van der Waals surface area contributed by atoms with E-state index < -0.39 is 10.0 Å². The van der Waals surface area contributed by atoms with E-state index >= 15 is 0 Å². The van der Waals surface area contributed by atoms with E-state index in [9.17, 15) is 13.2 Å². The molecule has 1 aliphatic rings. The van der Waals surface area contributed by atoms with Gasteiger partial charge in [-0.15, -0.1) is 11.3 Å². The van der Waals surface area contributed by atoms with Crippen LogP contribution in [0, 0.1) is 5.92 Å². The van der Waals surface area contributed by atoms with Gasteiger partial charge in [0.15, 0.2) is 5.43 Å². The van der Waals surface area contributed by atoms with Crippen molar-refractivity contribution >= 4 is 37.1 Å². The van der Waals surface area contributed by atoms with Crippen LogP contribution in [0.15, 0.2) is 58.2 Å². The van der Waals surface area contributed by atoms with Crippen LogP contribution in [0.4, 0.5) is 5.69 Å². The Morgan fingerprint density at radius 1 is 1.10 bits per heavy atom. The van der Waals surface area contributed by atoms with Crippen molar-refractivity contribution in [1.82, 2.24) is 0 Å². The third kappa shape index (κ3) is 3.60. The summed E-state index contributed by atoms with van der Waals surface area (Å²) in [6.45, 7) is 4.34. The number of hydrogen-bond acceptors (Lipinski definition) is 4. The Bertz CT molecular complexity index is 1200. The molecule has 0 N–H and O–H groups in total. The van der Waals surface area contributed by atoms with Crippen LogP contribution in [-0.4, -0.2) is 15.0 Å². The second-order valence-corrected chi connectivity index (χ2v) is 10.5. The smallest absolute Gasteiger partial charge is 0.264 e. The monoisotopic (exact) mass is 427 g/mol. The molecule has 0 saturated heterocycles. The molecule has 1 unspecified atom stereocenters. The molecule has 0 spiro atoms. The lowest BCUT2D eigenvalue weighted by atomic mass is 9.87. The third-order valence-corrected chi connectivity index (χ3v) is 8.95. The fourth-order valence-corrected chi connectivity index (χ4v) is 6.95. The number of hydrogen-bond donors (Lipinski definition) is 0. The van der Waals surface area contributed by atoms with Crippen molar-refractivity contribution in [2.24, 2.45) is 5.92 Å². The van der Waals surface area contributed by atoms with Gasteiger partial charge in [0.2, 0.25) is 0 Å². The van der Waals surface area contributed by atoms with E-state index in [2.05, 4.69) is 6.92 Å². The van der Waals surface area contributed by atoms with E-state index in [1.807, 2.05) is 13.0 Å². The average molecular weight is 428 g/mol. The highest BCUT2D eigenvalue weighted by Gasteiger charge is 2.25. The first-order chi connectivity index (χ1) is 14.0. The minimum absolute atomic E-state index is 0.115. The van der Waals surface area contributed by atoms with Gasteiger partial charge in [-0.25, -0.2) is 8.42 Å². The Morgan fingerprint density at radius 3 is 2.55 bits per heavy atom. The van der Waals surface area contributed by atoms with Crippen LogP contribution >= 0.6 is 11.3 Å². The third-order valence-electron chi connectivity index (χ3n) is 5.81. The van der Waals surface area contributed by atoms with Gasteiger partial charge in [-0.1, -0.05) is 31.5 Å². The second kappa shape index (κ2) is 7.92. The topological polar surface area (TPSA) is 54.5 Å². The van der Waals surface area contributed by atoms with Crippen LogP contribution in [0.2, 0.25) is 0 Å². The van der Waals surface area contributed by atoms with Crippen LogP contribution in [0.1, 0.15) is 37.1 Å². The van der Waals surface area contributed by atoms with Crippen LogP contribution < -0.4 is 9.73 Å². The Hall–Kier alpha value is -2.18. The fourth-order valence-electron chi connectivity index (χ4n) is 4.11. The molecule has 4 nitrogen and oxygen atoms in total. The predicted molar refractivity (Wildman–Crippen MR) is 121 cm³/mol. The fraction of sp³-hybridized carbons (Fsp3) is 0.348. The van der Waals surface area contributed by atoms with Gasteiger partial charge in [0, 0.05) is 27.1 Å². The maximum atomic E-state index is 13.1. The van der Waals surface area contributed by atoms with Crippen LogP contribution in [0.25, 0.3) is 10.1 Å². The number of fused-ring (bicyclic) bond motifs is 2.